The van der Waals surface area contributed by atoms with Crippen molar-refractivity contribution in [1.82, 2.24) is 19.6 Å². The van der Waals surface area contributed by atoms with E-state index >= 15 is 0 Å². The van der Waals surface area contributed by atoms with Crippen molar-refractivity contribution in [2.75, 3.05) is 5.32 Å². The number of nitrogens with one attached hydrogen (secondary N) is 1. The Kier molecular flexibility index (Phi) is 2.96. The van der Waals surface area contributed by atoms with E-state index in [1.54, 1.807) is 30.3 Å². The number of hydrogen-bond donors (Lipinski definition) is 2. The average molecular weight is 289 g/mol. The lowest BCUT2D eigenvalue weighted by atomic mass is 10.2. The number of anilines is 2. The number of carbonyl (C=O) groups excluding carboxylic acids is 1. The maximum atomic E-state index is 11.2. The van der Waals surface area contributed by atoms with E-state index in [0.29, 0.717) is 28.0 Å². The third-order valence-corrected chi connectivity index (χ3v) is 2.83. The van der Waals surface area contributed by atoms with Gasteiger partial charge in [-0.05, 0) is 18.2 Å². The maximum Gasteiger partial charge on any atom is 0.255 e. The van der Waals surface area contributed by atoms with E-state index in [4.69, 9.17) is 17.3 Å². The zero-order valence-corrected chi connectivity index (χ0v) is 10.9. The van der Waals surface area contributed by atoms with Crippen LogP contribution >= 0.6 is 11.6 Å². The van der Waals surface area contributed by atoms with Gasteiger partial charge in [-0.1, -0.05) is 17.7 Å². The Bertz CT molecular complexity index is 799. The van der Waals surface area contributed by atoms with Crippen LogP contribution in [0.1, 0.15) is 10.4 Å². The van der Waals surface area contributed by atoms with Crippen LogP contribution in [0.4, 0.5) is 11.5 Å². The molecule has 0 aliphatic heterocycles. The van der Waals surface area contributed by atoms with Crippen LogP contribution in [-0.4, -0.2) is 25.5 Å². The Balaban J connectivity index is 2.02. The molecule has 100 valence electrons. The van der Waals surface area contributed by atoms with Gasteiger partial charge in [0, 0.05) is 17.3 Å². The molecule has 8 heteroatoms. The summed E-state index contributed by atoms with van der Waals surface area (Å²) in [5.41, 5.74) is 6.34. The molecule has 0 spiro atoms. The van der Waals surface area contributed by atoms with E-state index < -0.39 is 5.91 Å². The van der Waals surface area contributed by atoms with Gasteiger partial charge < -0.3 is 11.1 Å². The van der Waals surface area contributed by atoms with Crippen LogP contribution in [0.15, 0.2) is 36.7 Å². The first kappa shape index (κ1) is 12.4. The van der Waals surface area contributed by atoms with Gasteiger partial charge in [0.15, 0.2) is 0 Å². The average Bonchev–Trinajstić information content (AvgIpc) is 2.87. The van der Waals surface area contributed by atoms with Gasteiger partial charge >= 0.3 is 0 Å². The molecule has 3 N–H and O–H groups in total. The Hall–Kier alpha value is -2.67. The van der Waals surface area contributed by atoms with E-state index in [-0.39, 0.29) is 0 Å². The topological polar surface area (TPSA) is 98.2 Å². The molecule has 2 aromatic heterocycles. The normalized spacial score (nSPS) is 10.7. The summed E-state index contributed by atoms with van der Waals surface area (Å²) < 4.78 is 1.50. The van der Waals surface area contributed by atoms with Crippen LogP contribution in [0.2, 0.25) is 5.15 Å². The highest BCUT2D eigenvalue weighted by Crippen LogP contribution is 2.20. The summed E-state index contributed by atoms with van der Waals surface area (Å²) >= 11 is 5.92. The van der Waals surface area contributed by atoms with Crippen molar-refractivity contribution in [3.05, 3.63) is 47.4 Å². The molecule has 0 aliphatic rings. The summed E-state index contributed by atoms with van der Waals surface area (Å²) in [5.74, 6) is 0.470. The van der Waals surface area contributed by atoms with Crippen LogP contribution < -0.4 is 11.1 Å². The lowest BCUT2D eigenvalue weighted by molar-refractivity contribution is 0.100. The summed E-state index contributed by atoms with van der Waals surface area (Å²) in [6.07, 6.45) is 1.38. The summed E-state index contributed by atoms with van der Waals surface area (Å²) in [7, 11) is 0. The van der Waals surface area contributed by atoms with Gasteiger partial charge in [-0.2, -0.15) is 19.6 Å². The molecule has 0 saturated heterocycles. The second kappa shape index (κ2) is 4.78. The lowest BCUT2D eigenvalue weighted by Crippen LogP contribution is -2.11. The molecule has 7 nitrogen and oxygen atoms in total. The fraction of sp³-hybridized carbons (Fsp3) is 0. The highest BCUT2D eigenvalue weighted by atomic mass is 35.5. The Labute approximate surface area is 118 Å². The number of benzene rings is 1. The molecule has 1 amide bonds. The van der Waals surface area contributed by atoms with Crippen molar-refractivity contribution < 1.29 is 4.79 Å². The van der Waals surface area contributed by atoms with Crippen molar-refractivity contribution in [1.29, 1.82) is 0 Å². The molecule has 20 heavy (non-hydrogen) atoms. The largest absolute Gasteiger partial charge is 0.366 e. The summed E-state index contributed by atoms with van der Waals surface area (Å²) in [4.78, 5) is 19.2. The third kappa shape index (κ3) is 2.26. The minimum Gasteiger partial charge on any atom is -0.366 e. The Morgan fingerprint density at radius 3 is 3.00 bits per heavy atom. The number of primary amides is 1. The molecule has 1 aromatic carbocycles. The molecular formula is C12H9ClN6O. The lowest BCUT2D eigenvalue weighted by Gasteiger charge is -2.08. The van der Waals surface area contributed by atoms with Crippen molar-refractivity contribution in [2.45, 2.75) is 0 Å². The zero-order chi connectivity index (χ0) is 14.1. The number of rotatable bonds is 3. The van der Waals surface area contributed by atoms with Crippen molar-refractivity contribution in [3.63, 3.8) is 0 Å². The number of carbonyl (C=O) groups is 1. The van der Waals surface area contributed by atoms with Gasteiger partial charge in [-0.25, -0.2) is 0 Å². The number of halogens is 1. The van der Waals surface area contributed by atoms with E-state index in [1.165, 1.54) is 10.8 Å². The first-order chi connectivity index (χ1) is 9.63. The molecule has 0 unspecified atom stereocenters. The fourth-order valence-corrected chi connectivity index (χ4v) is 1.95. The SMILES string of the molecule is NC(=O)c1cccc(Nc2cc(Cl)nc3ncnn23)c1. The van der Waals surface area contributed by atoms with Gasteiger partial charge in [0.1, 0.15) is 17.3 Å². The number of hydrogen-bond acceptors (Lipinski definition) is 5. The molecule has 0 bridgehead atoms. The van der Waals surface area contributed by atoms with E-state index in [9.17, 15) is 4.79 Å². The van der Waals surface area contributed by atoms with Crippen molar-refractivity contribution >= 4 is 34.8 Å². The highest BCUT2D eigenvalue weighted by molar-refractivity contribution is 6.29. The van der Waals surface area contributed by atoms with Gasteiger partial charge in [0.05, 0.1) is 0 Å². The highest BCUT2D eigenvalue weighted by Gasteiger charge is 2.07. The molecule has 0 radical (unpaired) electrons. The quantitative estimate of drug-likeness (QED) is 0.714. The molecule has 0 fully saturated rings. The van der Waals surface area contributed by atoms with Crippen LogP contribution in [0, 0.1) is 0 Å². The molecule has 0 saturated carbocycles. The fourth-order valence-electron chi connectivity index (χ4n) is 1.77. The number of fused-ring (bicyclic) bond motifs is 1. The van der Waals surface area contributed by atoms with Gasteiger partial charge in [0.2, 0.25) is 5.91 Å². The standard InChI is InChI=1S/C12H9ClN6O/c13-9-5-10(19-12(18-9)15-6-16-19)17-8-3-1-2-7(4-8)11(14)20/h1-6,17H,(H2,14,20). The molecule has 2 heterocycles. The molecular weight excluding hydrogens is 280 g/mol. The number of nitrogens with two attached hydrogens (primary N) is 1. The van der Waals surface area contributed by atoms with Gasteiger partial charge in [0.25, 0.3) is 5.78 Å². The van der Waals surface area contributed by atoms with Gasteiger partial charge in [-0.15, -0.1) is 0 Å². The van der Waals surface area contributed by atoms with Crippen molar-refractivity contribution in [2.24, 2.45) is 5.73 Å². The van der Waals surface area contributed by atoms with E-state index in [1.807, 2.05) is 0 Å². The predicted octanol–water partition coefficient (Wildman–Crippen LogP) is 1.62. The number of nitrogens with zero attached hydrogens (tertiary/aromatic N) is 4. The van der Waals surface area contributed by atoms with E-state index in [2.05, 4.69) is 20.4 Å². The number of aromatic nitrogens is 4. The third-order valence-electron chi connectivity index (χ3n) is 2.64. The minimum absolute atomic E-state index is 0.291. The molecule has 3 aromatic rings. The number of amides is 1. The summed E-state index contributed by atoms with van der Waals surface area (Å²) in [6, 6.07) is 8.41. The summed E-state index contributed by atoms with van der Waals surface area (Å²) in [6.45, 7) is 0. The predicted molar refractivity (Wildman–Crippen MR) is 74.0 cm³/mol. The van der Waals surface area contributed by atoms with Crippen LogP contribution in [-0.2, 0) is 0 Å². The molecule has 0 aliphatic carbocycles. The van der Waals surface area contributed by atoms with Crippen LogP contribution in [0.5, 0.6) is 0 Å². The van der Waals surface area contributed by atoms with Crippen molar-refractivity contribution in [3.8, 4) is 0 Å². The van der Waals surface area contributed by atoms with Crippen LogP contribution in [0.25, 0.3) is 5.78 Å². The summed E-state index contributed by atoms with van der Waals surface area (Å²) in [5, 5.41) is 7.43. The van der Waals surface area contributed by atoms with Crippen LogP contribution in [0.3, 0.4) is 0 Å². The molecule has 3 rings (SSSR count). The first-order valence-electron chi connectivity index (χ1n) is 5.66. The second-order valence-electron chi connectivity index (χ2n) is 4.01. The minimum atomic E-state index is -0.493. The first-order valence-corrected chi connectivity index (χ1v) is 6.04. The smallest absolute Gasteiger partial charge is 0.255 e. The Morgan fingerprint density at radius 2 is 2.20 bits per heavy atom. The Morgan fingerprint density at radius 1 is 1.35 bits per heavy atom. The van der Waals surface area contributed by atoms with E-state index in [0.717, 1.165) is 0 Å². The zero-order valence-electron chi connectivity index (χ0n) is 10.1. The monoisotopic (exact) mass is 288 g/mol. The molecule has 0 atom stereocenters. The maximum absolute atomic E-state index is 11.2. The second-order valence-corrected chi connectivity index (χ2v) is 4.39. The van der Waals surface area contributed by atoms with Gasteiger partial charge in [-0.3, -0.25) is 4.79 Å².